The third-order valence-electron chi connectivity index (χ3n) is 4.29. The Morgan fingerprint density at radius 2 is 1.73 bits per heavy atom. The molecule has 140 valence electrons. The van der Waals surface area contributed by atoms with E-state index in [0.29, 0.717) is 35.8 Å². The van der Waals surface area contributed by atoms with Gasteiger partial charge in [0.15, 0.2) is 5.89 Å². The standard InChI is InChI=1S/C20H27N3O3/c1-12(2)13-9-21-16(25-13)8-20(6,7)15-11-24-17(23-15)14-10-22-18(26-14)19(3,4)5/h9-12H,8H2,1-7H3. The van der Waals surface area contributed by atoms with E-state index in [1.165, 1.54) is 0 Å². The van der Waals surface area contributed by atoms with Crippen LogP contribution >= 0.6 is 0 Å². The van der Waals surface area contributed by atoms with E-state index in [0.717, 1.165) is 11.5 Å². The quantitative estimate of drug-likeness (QED) is 0.620. The molecule has 0 bridgehead atoms. The average molecular weight is 357 g/mol. The Morgan fingerprint density at radius 3 is 2.31 bits per heavy atom. The van der Waals surface area contributed by atoms with Crippen molar-refractivity contribution in [1.29, 1.82) is 0 Å². The van der Waals surface area contributed by atoms with Crippen molar-refractivity contribution in [2.24, 2.45) is 0 Å². The smallest absolute Gasteiger partial charge is 0.264 e. The fraction of sp³-hybridized carbons (Fsp3) is 0.550. The molecule has 0 aliphatic heterocycles. The molecule has 0 aliphatic carbocycles. The highest BCUT2D eigenvalue weighted by atomic mass is 16.4. The van der Waals surface area contributed by atoms with Crippen LogP contribution in [0.1, 0.15) is 77.6 Å². The Balaban J connectivity index is 1.80. The highest BCUT2D eigenvalue weighted by Gasteiger charge is 2.29. The van der Waals surface area contributed by atoms with Crippen LogP contribution in [0.4, 0.5) is 0 Å². The molecule has 0 unspecified atom stereocenters. The third-order valence-corrected chi connectivity index (χ3v) is 4.29. The van der Waals surface area contributed by atoms with Crippen molar-refractivity contribution in [2.45, 2.75) is 71.6 Å². The minimum atomic E-state index is -0.284. The van der Waals surface area contributed by atoms with E-state index in [-0.39, 0.29) is 10.8 Å². The first-order valence-electron chi connectivity index (χ1n) is 8.93. The van der Waals surface area contributed by atoms with Gasteiger partial charge in [0, 0.05) is 23.2 Å². The van der Waals surface area contributed by atoms with E-state index < -0.39 is 0 Å². The van der Waals surface area contributed by atoms with E-state index in [9.17, 15) is 0 Å². The first-order valence-corrected chi connectivity index (χ1v) is 8.93. The lowest BCUT2D eigenvalue weighted by molar-refractivity contribution is 0.386. The Bertz CT molecular complexity index is 878. The molecule has 0 atom stereocenters. The van der Waals surface area contributed by atoms with Gasteiger partial charge in [0.05, 0.1) is 18.1 Å². The van der Waals surface area contributed by atoms with Crippen LogP contribution in [-0.4, -0.2) is 15.0 Å². The van der Waals surface area contributed by atoms with Crippen LogP contribution in [0.3, 0.4) is 0 Å². The minimum Gasteiger partial charge on any atom is -0.445 e. The van der Waals surface area contributed by atoms with Crippen LogP contribution in [-0.2, 0) is 17.3 Å². The van der Waals surface area contributed by atoms with Crippen molar-refractivity contribution in [3.8, 4) is 11.7 Å². The normalized spacial score (nSPS) is 12.9. The molecule has 0 fully saturated rings. The third kappa shape index (κ3) is 3.74. The van der Waals surface area contributed by atoms with Crippen molar-refractivity contribution >= 4 is 0 Å². The van der Waals surface area contributed by atoms with Gasteiger partial charge in [-0.15, -0.1) is 0 Å². The van der Waals surface area contributed by atoms with Crippen LogP contribution in [0.5, 0.6) is 0 Å². The van der Waals surface area contributed by atoms with Gasteiger partial charge in [-0.05, 0) is 0 Å². The van der Waals surface area contributed by atoms with Gasteiger partial charge in [-0.3, -0.25) is 0 Å². The molecule has 0 radical (unpaired) electrons. The molecular formula is C20H27N3O3. The van der Waals surface area contributed by atoms with E-state index >= 15 is 0 Å². The summed E-state index contributed by atoms with van der Waals surface area (Å²) in [4.78, 5) is 13.3. The Hall–Kier alpha value is -2.37. The maximum atomic E-state index is 5.84. The second kappa shape index (κ2) is 6.41. The maximum absolute atomic E-state index is 5.84. The molecule has 3 rings (SSSR count). The molecule has 0 N–H and O–H groups in total. The van der Waals surface area contributed by atoms with E-state index in [4.69, 9.17) is 13.3 Å². The van der Waals surface area contributed by atoms with Gasteiger partial charge in [-0.2, -0.15) is 0 Å². The van der Waals surface area contributed by atoms with Gasteiger partial charge in [0.2, 0.25) is 11.7 Å². The summed E-state index contributed by atoms with van der Waals surface area (Å²) in [7, 11) is 0. The Labute approximate surface area is 154 Å². The summed E-state index contributed by atoms with van der Waals surface area (Å²) >= 11 is 0. The summed E-state index contributed by atoms with van der Waals surface area (Å²) < 4.78 is 17.3. The molecule has 0 spiro atoms. The fourth-order valence-electron chi connectivity index (χ4n) is 2.56. The molecule has 3 heterocycles. The number of aromatic nitrogens is 3. The van der Waals surface area contributed by atoms with Crippen molar-refractivity contribution in [3.63, 3.8) is 0 Å². The van der Waals surface area contributed by atoms with Gasteiger partial charge in [-0.1, -0.05) is 48.5 Å². The molecular weight excluding hydrogens is 330 g/mol. The first-order chi connectivity index (χ1) is 12.1. The van der Waals surface area contributed by atoms with Crippen molar-refractivity contribution in [1.82, 2.24) is 15.0 Å². The minimum absolute atomic E-state index is 0.161. The molecule has 0 saturated heterocycles. The van der Waals surface area contributed by atoms with E-state index in [1.807, 2.05) is 0 Å². The first kappa shape index (κ1) is 18.4. The van der Waals surface area contributed by atoms with Crippen LogP contribution in [0.15, 0.2) is 31.9 Å². The predicted molar refractivity (Wildman–Crippen MR) is 98.0 cm³/mol. The zero-order valence-electron chi connectivity index (χ0n) is 16.6. The lowest BCUT2D eigenvalue weighted by Gasteiger charge is -2.19. The highest BCUT2D eigenvalue weighted by Crippen LogP contribution is 2.31. The average Bonchev–Trinajstić information content (AvgIpc) is 3.26. The monoisotopic (exact) mass is 357 g/mol. The molecule has 0 aromatic carbocycles. The number of rotatable bonds is 5. The predicted octanol–water partition coefficient (Wildman–Crippen LogP) is 5.26. The van der Waals surface area contributed by atoms with Gasteiger partial charge in [-0.25, -0.2) is 15.0 Å². The van der Waals surface area contributed by atoms with Crippen LogP contribution in [0.25, 0.3) is 11.7 Å². The number of nitrogens with zero attached hydrogens (tertiary/aromatic N) is 3. The zero-order valence-corrected chi connectivity index (χ0v) is 16.6. The van der Waals surface area contributed by atoms with Crippen molar-refractivity contribution < 1.29 is 13.3 Å². The van der Waals surface area contributed by atoms with Crippen LogP contribution in [0.2, 0.25) is 0 Å². The summed E-state index contributed by atoms with van der Waals surface area (Å²) in [6.45, 7) is 14.5. The summed E-state index contributed by atoms with van der Waals surface area (Å²) in [6.07, 6.45) is 5.76. The summed E-state index contributed by atoms with van der Waals surface area (Å²) in [6, 6.07) is 0. The molecule has 0 aliphatic rings. The molecule has 3 aromatic rings. The van der Waals surface area contributed by atoms with Gasteiger partial charge >= 0.3 is 0 Å². The lowest BCUT2D eigenvalue weighted by atomic mass is 9.86. The molecule has 3 aromatic heterocycles. The molecule has 6 heteroatoms. The Morgan fingerprint density at radius 1 is 1.00 bits per heavy atom. The second-order valence-electron chi connectivity index (χ2n) is 8.69. The summed E-state index contributed by atoms with van der Waals surface area (Å²) in [5.74, 6) is 3.56. The van der Waals surface area contributed by atoms with Gasteiger partial charge in [0.1, 0.15) is 12.0 Å². The summed E-state index contributed by atoms with van der Waals surface area (Å²) in [5, 5.41) is 0. The van der Waals surface area contributed by atoms with E-state index in [1.54, 1.807) is 18.7 Å². The van der Waals surface area contributed by atoms with Gasteiger partial charge < -0.3 is 13.3 Å². The second-order valence-corrected chi connectivity index (χ2v) is 8.69. The molecule has 0 saturated carbocycles. The van der Waals surface area contributed by atoms with Crippen molar-refractivity contribution in [2.75, 3.05) is 0 Å². The summed E-state index contributed by atoms with van der Waals surface area (Å²) in [5.41, 5.74) is 0.380. The number of oxazole rings is 3. The topological polar surface area (TPSA) is 78.1 Å². The molecule has 6 nitrogen and oxygen atoms in total. The highest BCUT2D eigenvalue weighted by molar-refractivity contribution is 5.43. The fourth-order valence-corrected chi connectivity index (χ4v) is 2.56. The molecule has 0 amide bonds. The maximum Gasteiger partial charge on any atom is 0.264 e. The Kier molecular flexibility index (Phi) is 4.54. The SMILES string of the molecule is CC(C)c1cnc(CC(C)(C)c2coc(-c3cnc(C(C)(C)C)o3)n2)o1. The zero-order chi connectivity index (χ0) is 19.1. The van der Waals surface area contributed by atoms with E-state index in [2.05, 4.69) is 63.4 Å². The van der Waals surface area contributed by atoms with Gasteiger partial charge in [0.25, 0.3) is 5.89 Å². The number of hydrogen-bond acceptors (Lipinski definition) is 6. The number of hydrogen-bond donors (Lipinski definition) is 0. The van der Waals surface area contributed by atoms with Crippen LogP contribution < -0.4 is 0 Å². The lowest BCUT2D eigenvalue weighted by Crippen LogP contribution is -2.21. The molecule has 26 heavy (non-hydrogen) atoms. The van der Waals surface area contributed by atoms with Crippen LogP contribution in [0, 0.1) is 0 Å². The largest absolute Gasteiger partial charge is 0.445 e. The van der Waals surface area contributed by atoms with Crippen molar-refractivity contribution in [3.05, 3.63) is 41.9 Å².